The fraction of sp³-hybridized carbons (Fsp3) is 0.0455. The SMILES string of the molecule is Cc1ccc(C(=O)C=Cc2cn(-c3ccccc3)nc2-c2ccncc2)o1. The molecular weight excluding hydrogens is 338 g/mol. The first-order chi connectivity index (χ1) is 13.2. The minimum Gasteiger partial charge on any atom is -0.458 e. The van der Waals surface area contributed by atoms with Crippen LogP contribution in [-0.2, 0) is 0 Å². The zero-order valence-electron chi connectivity index (χ0n) is 14.7. The first kappa shape index (κ1) is 16.7. The van der Waals surface area contributed by atoms with E-state index in [1.165, 1.54) is 6.08 Å². The largest absolute Gasteiger partial charge is 0.458 e. The molecule has 0 atom stereocenters. The summed E-state index contributed by atoms with van der Waals surface area (Å²) in [5.41, 5.74) is 3.49. The first-order valence-corrected chi connectivity index (χ1v) is 8.55. The Morgan fingerprint density at radius 3 is 2.52 bits per heavy atom. The standard InChI is InChI=1S/C22H17N3O2/c1-16-7-10-21(27-16)20(26)9-8-18-15-25(19-5-3-2-4-6-19)24-22(18)17-11-13-23-14-12-17/h2-15H,1H3. The Morgan fingerprint density at radius 2 is 1.81 bits per heavy atom. The van der Waals surface area contributed by atoms with E-state index >= 15 is 0 Å². The van der Waals surface area contributed by atoms with E-state index in [4.69, 9.17) is 9.52 Å². The first-order valence-electron chi connectivity index (χ1n) is 8.55. The van der Waals surface area contributed by atoms with Crippen molar-refractivity contribution < 1.29 is 9.21 Å². The van der Waals surface area contributed by atoms with E-state index in [2.05, 4.69) is 4.98 Å². The molecule has 3 heterocycles. The van der Waals surface area contributed by atoms with Crippen molar-refractivity contribution >= 4 is 11.9 Å². The molecule has 4 aromatic rings. The van der Waals surface area contributed by atoms with Crippen molar-refractivity contribution in [3.05, 3.63) is 96.3 Å². The minimum absolute atomic E-state index is 0.184. The molecule has 5 nitrogen and oxygen atoms in total. The van der Waals surface area contributed by atoms with Gasteiger partial charge in [-0.1, -0.05) is 18.2 Å². The number of benzene rings is 1. The van der Waals surface area contributed by atoms with Crippen LogP contribution in [0.15, 0.2) is 83.7 Å². The Kier molecular flexibility index (Phi) is 4.49. The number of furan rings is 1. The third-order valence-electron chi connectivity index (χ3n) is 4.11. The summed E-state index contributed by atoms with van der Waals surface area (Å²) in [6.07, 6.45) is 8.63. The average Bonchev–Trinajstić information content (AvgIpc) is 3.34. The van der Waals surface area contributed by atoms with Gasteiger partial charge in [-0.05, 0) is 55.5 Å². The lowest BCUT2D eigenvalue weighted by molar-refractivity contribution is 0.102. The van der Waals surface area contributed by atoms with E-state index in [0.717, 1.165) is 22.5 Å². The highest BCUT2D eigenvalue weighted by molar-refractivity contribution is 6.05. The molecule has 0 saturated carbocycles. The van der Waals surface area contributed by atoms with Crippen LogP contribution in [0, 0.1) is 6.92 Å². The lowest BCUT2D eigenvalue weighted by atomic mass is 10.1. The zero-order chi connectivity index (χ0) is 18.6. The second-order valence-electron chi connectivity index (χ2n) is 6.06. The van der Waals surface area contributed by atoms with Crippen molar-refractivity contribution in [1.29, 1.82) is 0 Å². The van der Waals surface area contributed by atoms with Gasteiger partial charge in [0.2, 0.25) is 5.78 Å². The molecule has 132 valence electrons. The maximum absolute atomic E-state index is 12.3. The van der Waals surface area contributed by atoms with Gasteiger partial charge in [-0.25, -0.2) is 4.68 Å². The molecular formula is C22H17N3O2. The average molecular weight is 355 g/mol. The lowest BCUT2D eigenvalue weighted by Crippen LogP contribution is -1.93. The number of allylic oxidation sites excluding steroid dienone is 1. The maximum Gasteiger partial charge on any atom is 0.221 e. The van der Waals surface area contributed by atoms with Gasteiger partial charge in [0.15, 0.2) is 5.76 Å². The molecule has 0 amide bonds. The Morgan fingerprint density at radius 1 is 1.04 bits per heavy atom. The van der Waals surface area contributed by atoms with E-state index < -0.39 is 0 Å². The van der Waals surface area contributed by atoms with Crippen LogP contribution in [0.4, 0.5) is 0 Å². The van der Waals surface area contributed by atoms with Crippen LogP contribution < -0.4 is 0 Å². The maximum atomic E-state index is 12.3. The predicted octanol–water partition coefficient (Wildman–Crippen LogP) is 4.73. The van der Waals surface area contributed by atoms with E-state index in [1.54, 1.807) is 35.3 Å². The third-order valence-corrected chi connectivity index (χ3v) is 4.11. The van der Waals surface area contributed by atoms with E-state index in [-0.39, 0.29) is 5.78 Å². The molecule has 0 bridgehead atoms. The Labute approximate surface area is 156 Å². The molecule has 0 radical (unpaired) electrons. The number of hydrogen-bond acceptors (Lipinski definition) is 4. The molecule has 0 spiro atoms. The van der Waals surface area contributed by atoms with Gasteiger partial charge in [0, 0.05) is 29.7 Å². The molecule has 0 aliphatic carbocycles. The lowest BCUT2D eigenvalue weighted by Gasteiger charge is -2.00. The van der Waals surface area contributed by atoms with Gasteiger partial charge in [-0.15, -0.1) is 0 Å². The number of pyridine rings is 1. The summed E-state index contributed by atoms with van der Waals surface area (Å²) in [7, 11) is 0. The number of para-hydroxylation sites is 1. The number of carbonyl (C=O) groups excluding carboxylic acids is 1. The highest BCUT2D eigenvalue weighted by Gasteiger charge is 2.12. The normalized spacial score (nSPS) is 11.1. The zero-order valence-corrected chi connectivity index (χ0v) is 14.7. The van der Waals surface area contributed by atoms with Crippen LogP contribution >= 0.6 is 0 Å². The van der Waals surface area contributed by atoms with Crippen molar-refractivity contribution in [2.24, 2.45) is 0 Å². The quantitative estimate of drug-likeness (QED) is 0.383. The van der Waals surface area contributed by atoms with E-state index in [9.17, 15) is 4.79 Å². The summed E-state index contributed by atoms with van der Waals surface area (Å²) in [5, 5.41) is 4.71. The van der Waals surface area contributed by atoms with Crippen molar-refractivity contribution in [1.82, 2.24) is 14.8 Å². The molecule has 4 rings (SSSR count). The molecule has 3 aromatic heterocycles. The van der Waals surface area contributed by atoms with Crippen molar-refractivity contribution in [3.8, 4) is 16.9 Å². The molecule has 27 heavy (non-hydrogen) atoms. The molecule has 5 heteroatoms. The summed E-state index contributed by atoms with van der Waals surface area (Å²) < 4.78 is 7.20. The Balaban J connectivity index is 1.73. The predicted molar refractivity (Wildman–Crippen MR) is 104 cm³/mol. The minimum atomic E-state index is -0.184. The Bertz CT molecular complexity index is 1090. The van der Waals surface area contributed by atoms with Crippen molar-refractivity contribution in [2.75, 3.05) is 0 Å². The summed E-state index contributed by atoms with van der Waals surface area (Å²) >= 11 is 0. The monoisotopic (exact) mass is 355 g/mol. The fourth-order valence-electron chi connectivity index (χ4n) is 2.77. The Hall–Kier alpha value is -3.73. The number of ketones is 1. The smallest absolute Gasteiger partial charge is 0.221 e. The molecule has 0 unspecified atom stereocenters. The number of carbonyl (C=O) groups is 1. The third kappa shape index (κ3) is 3.62. The van der Waals surface area contributed by atoms with Crippen LogP contribution in [0.2, 0.25) is 0 Å². The molecule has 1 aromatic carbocycles. The summed E-state index contributed by atoms with van der Waals surface area (Å²) in [6, 6.07) is 17.1. The summed E-state index contributed by atoms with van der Waals surface area (Å²) in [4.78, 5) is 16.4. The van der Waals surface area contributed by atoms with Crippen LogP contribution in [0.25, 0.3) is 23.0 Å². The van der Waals surface area contributed by atoms with Crippen molar-refractivity contribution in [2.45, 2.75) is 6.92 Å². The van der Waals surface area contributed by atoms with Gasteiger partial charge >= 0.3 is 0 Å². The van der Waals surface area contributed by atoms with Crippen molar-refractivity contribution in [3.63, 3.8) is 0 Å². The van der Waals surface area contributed by atoms with Gasteiger partial charge in [0.05, 0.1) is 5.69 Å². The molecule has 0 fully saturated rings. The highest BCUT2D eigenvalue weighted by Crippen LogP contribution is 2.24. The van der Waals surface area contributed by atoms with Gasteiger partial charge in [0.1, 0.15) is 11.5 Å². The van der Waals surface area contributed by atoms with Crippen LogP contribution in [-0.4, -0.2) is 20.5 Å². The topological polar surface area (TPSA) is 60.9 Å². The summed E-state index contributed by atoms with van der Waals surface area (Å²) in [6.45, 7) is 1.81. The van der Waals surface area contributed by atoms with E-state index in [1.807, 2.05) is 55.6 Å². The molecule has 0 saturated heterocycles. The van der Waals surface area contributed by atoms with Crippen LogP contribution in [0.3, 0.4) is 0 Å². The van der Waals surface area contributed by atoms with Gasteiger partial charge in [-0.3, -0.25) is 9.78 Å². The fourth-order valence-corrected chi connectivity index (χ4v) is 2.77. The van der Waals surface area contributed by atoms with Gasteiger partial charge in [-0.2, -0.15) is 5.10 Å². The number of nitrogens with zero attached hydrogens (tertiary/aromatic N) is 3. The second-order valence-corrected chi connectivity index (χ2v) is 6.06. The highest BCUT2D eigenvalue weighted by atomic mass is 16.3. The van der Waals surface area contributed by atoms with Crippen LogP contribution in [0.1, 0.15) is 21.9 Å². The number of aromatic nitrogens is 3. The second kappa shape index (κ2) is 7.25. The molecule has 0 N–H and O–H groups in total. The van der Waals surface area contributed by atoms with Gasteiger partial charge in [0.25, 0.3) is 0 Å². The van der Waals surface area contributed by atoms with E-state index in [0.29, 0.717) is 11.5 Å². The summed E-state index contributed by atoms with van der Waals surface area (Å²) in [5.74, 6) is 0.849. The van der Waals surface area contributed by atoms with Gasteiger partial charge < -0.3 is 4.42 Å². The molecule has 0 aliphatic heterocycles. The number of hydrogen-bond donors (Lipinski definition) is 0. The molecule has 0 aliphatic rings. The number of aryl methyl sites for hydroxylation is 1. The van der Waals surface area contributed by atoms with Crippen LogP contribution in [0.5, 0.6) is 0 Å². The number of rotatable bonds is 5.